The molecule has 1 unspecified atom stereocenters. The molecule has 1 saturated heterocycles. The average molecular weight is 315 g/mol. The Balaban J connectivity index is 1.60. The van der Waals surface area contributed by atoms with Gasteiger partial charge in [-0.2, -0.15) is 0 Å². The summed E-state index contributed by atoms with van der Waals surface area (Å²) >= 11 is 0. The standard InChI is InChI=1S/C17H21N3O3/c1-22-11-9-19-17(21)20-10-7-14(12-20)23-15-6-2-4-13-5-3-8-18-16(13)15/h2-6,8,14H,7,9-12H2,1H3,(H,19,21). The summed E-state index contributed by atoms with van der Waals surface area (Å²) in [7, 11) is 1.62. The van der Waals surface area contributed by atoms with E-state index in [4.69, 9.17) is 9.47 Å². The number of nitrogens with one attached hydrogen (secondary N) is 1. The molecule has 0 saturated carbocycles. The van der Waals surface area contributed by atoms with Gasteiger partial charge < -0.3 is 19.7 Å². The van der Waals surface area contributed by atoms with E-state index in [9.17, 15) is 4.79 Å². The van der Waals surface area contributed by atoms with Gasteiger partial charge in [0.05, 0.1) is 13.2 Å². The van der Waals surface area contributed by atoms with E-state index in [0.29, 0.717) is 26.2 Å². The molecule has 3 rings (SSSR count). The van der Waals surface area contributed by atoms with Crippen molar-refractivity contribution < 1.29 is 14.3 Å². The van der Waals surface area contributed by atoms with Crippen molar-refractivity contribution in [2.75, 3.05) is 33.4 Å². The molecule has 1 fully saturated rings. The average Bonchev–Trinajstić information content (AvgIpc) is 3.04. The lowest BCUT2D eigenvalue weighted by atomic mass is 10.2. The lowest BCUT2D eigenvalue weighted by Crippen LogP contribution is -2.40. The normalized spacial score (nSPS) is 17.4. The van der Waals surface area contributed by atoms with Gasteiger partial charge in [0.15, 0.2) is 0 Å². The van der Waals surface area contributed by atoms with Crippen LogP contribution >= 0.6 is 0 Å². The monoisotopic (exact) mass is 315 g/mol. The van der Waals surface area contributed by atoms with Crippen LogP contribution in [0.2, 0.25) is 0 Å². The summed E-state index contributed by atoms with van der Waals surface area (Å²) in [6.07, 6.45) is 2.58. The van der Waals surface area contributed by atoms with Crippen LogP contribution in [0.1, 0.15) is 6.42 Å². The SMILES string of the molecule is COCCNC(=O)N1CCC(Oc2cccc3cccnc23)C1. The van der Waals surface area contributed by atoms with Gasteiger partial charge in [0.25, 0.3) is 0 Å². The molecule has 2 heterocycles. The van der Waals surface area contributed by atoms with Gasteiger partial charge >= 0.3 is 6.03 Å². The van der Waals surface area contributed by atoms with Crippen LogP contribution in [0.4, 0.5) is 4.79 Å². The maximum absolute atomic E-state index is 12.0. The Kier molecular flexibility index (Phi) is 4.92. The first kappa shape index (κ1) is 15.6. The Morgan fingerprint density at radius 1 is 1.39 bits per heavy atom. The van der Waals surface area contributed by atoms with E-state index in [1.165, 1.54) is 0 Å². The minimum absolute atomic E-state index is 0.00391. The van der Waals surface area contributed by atoms with E-state index in [1.807, 2.05) is 30.3 Å². The van der Waals surface area contributed by atoms with Crippen LogP contribution < -0.4 is 10.1 Å². The first-order valence-corrected chi connectivity index (χ1v) is 7.80. The number of benzene rings is 1. The number of carbonyl (C=O) groups excluding carboxylic acids is 1. The van der Waals surface area contributed by atoms with Crippen LogP contribution in [-0.4, -0.2) is 55.4 Å². The minimum Gasteiger partial charge on any atom is -0.486 e. The van der Waals surface area contributed by atoms with Crippen molar-refractivity contribution in [2.45, 2.75) is 12.5 Å². The summed E-state index contributed by atoms with van der Waals surface area (Å²) < 4.78 is 11.0. The number of hydrogen-bond acceptors (Lipinski definition) is 4. The Hall–Kier alpha value is -2.34. The summed E-state index contributed by atoms with van der Waals surface area (Å²) in [6.45, 7) is 2.31. The zero-order chi connectivity index (χ0) is 16.1. The molecule has 0 radical (unpaired) electrons. The van der Waals surface area contributed by atoms with Gasteiger partial charge in [-0.05, 0) is 12.1 Å². The molecule has 1 aliphatic rings. The van der Waals surface area contributed by atoms with E-state index in [-0.39, 0.29) is 12.1 Å². The second-order valence-corrected chi connectivity index (χ2v) is 5.53. The molecular weight excluding hydrogens is 294 g/mol. The van der Waals surface area contributed by atoms with E-state index in [1.54, 1.807) is 18.2 Å². The van der Waals surface area contributed by atoms with E-state index >= 15 is 0 Å². The largest absolute Gasteiger partial charge is 0.486 e. The van der Waals surface area contributed by atoms with Crippen LogP contribution in [0.15, 0.2) is 36.5 Å². The Morgan fingerprint density at radius 2 is 2.26 bits per heavy atom. The molecule has 122 valence electrons. The molecule has 1 aliphatic heterocycles. The summed E-state index contributed by atoms with van der Waals surface area (Å²) in [5, 5.41) is 3.89. The second-order valence-electron chi connectivity index (χ2n) is 5.53. The molecule has 2 aromatic rings. The van der Waals surface area contributed by atoms with Crippen molar-refractivity contribution in [3.63, 3.8) is 0 Å². The van der Waals surface area contributed by atoms with Crippen molar-refractivity contribution in [3.8, 4) is 5.75 Å². The number of urea groups is 1. The molecule has 1 N–H and O–H groups in total. The number of aromatic nitrogens is 1. The zero-order valence-electron chi connectivity index (χ0n) is 13.2. The highest BCUT2D eigenvalue weighted by Gasteiger charge is 2.27. The van der Waals surface area contributed by atoms with Gasteiger partial charge in [0.2, 0.25) is 0 Å². The quantitative estimate of drug-likeness (QED) is 0.858. The lowest BCUT2D eigenvalue weighted by molar-refractivity contribution is 0.176. The Bertz CT molecular complexity index is 672. The fourth-order valence-electron chi connectivity index (χ4n) is 2.73. The van der Waals surface area contributed by atoms with E-state index in [0.717, 1.165) is 23.1 Å². The minimum atomic E-state index is -0.0656. The highest BCUT2D eigenvalue weighted by molar-refractivity contribution is 5.84. The van der Waals surface area contributed by atoms with Crippen LogP contribution in [0.5, 0.6) is 5.75 Å². The number of rotatable bonds is 5. The molecule has 1 atom stereocenters. The number of amides is 2. The predicted molar refractivity (Wildman–Crippen MR) is 87.6 cm³/mol. The van der Waals surface area contributed by atoms with Crippen molar-refractivity contribution in [1.29, 1.82) is 0 Å². The summed E-state index contributed by atoms with van der Waals surface area (Å²) in [5.41, 5.74) is 0.859. The maximum atomic E-state index is 12.0. The van der Waals surface area contributed by atoms with Gasteiger partial charge in [-0.3, -0.25) is 4.98 Å². The summed E-state index contributed by atoms with van der Waals surface area (Å²) in [4.78, 5) is 18.2. The van der Waals surface area contributed by atoms with Gasteiger partial charge in [-0.15, -0.1) is 0 Å². The molecule has 0 aliphatic carbocycles. The van der Waals surface area contributed by atoms with Crippen LogP contribution in [0.3, 0.4) is 0 Å². The number of methoxy groups -OCH3 is 1. The summed E-state index contributed by atoms with van der Waals surface area (Å²) in [6, 6.07) is 9.76. The van der Waals surface area contributed by atoms with Crippen molar-refractivity contribution in [2.24, 2.45) is 0 Å². The first-order valence-electron chi connectivity index (χ1n) is 7.80. The number of fused-ring (bicyclic) bond motifs is 1. The highest BCUT2D eigenvalue weighted by atomic mass is 16.5. The van der Waals surface area contributed by atoms with Crippen LogP contribution in [-0.2, 0) is 4.74 Å². The molecule has 0 spiro atoms. The number of hydrogen-bond donors (Lipinski definition) is 1. The van der Waals surface area contributed by atoms with Gasteiger partial charge in [0.1, 0.15) is 17.4 Å². The third kappa shape index (κ3) is 3.71. The van der Waals surface area contributed by atoms with Gasteiger partial charge in [0, 0.05) is 38.2 Å². The molecule has 1 aromatic carbocycles. The smallest absolute Gasteiger partial charge is 0.317 e. The molecule has 23 heavy (non-hydrogen) atoms. The maximum Gasteiger partial charge on any atom is 0.317 e. The van der Waals surface area contributed by atoms with Gasteiger partial charge in [-0.1, -0.05) is 18.2 Å². The number of para-hydroxylation sites is 1. The number of ether oxygens (including phenoxy) is 2. The number of likely N-dealkylation sites (tertiary alicyclic amines) is 1. The molecule has 2 amide bonds. The van der Waals surface area contributed by atoms with E-state index < -0.39 is 0 Å². The Morgan fingerprint density at radius 3 is 3.13 bits per heavy atom. The number of pyridine rings is 1. The molecule has 6 heteroatoms. The van der Waals surface area contributed by atoms with Gasteiger partial charge in [-0.25, -0.2) is 4.79 Å². The fraction of sp³-hybridized carbons (Fsp3) is 0.412. The second kappa shape index (κ2) is 7.28. The number of carbonyl (C=O) groups is 1. The van der Waals surface area contributed by atoms with Crippen molar-refractivity contribution >= 4 is 16.9 Å². The predicted octanol–water partition coefficient (Wildman–Crippen LogP) is 2.04. The highest BCUT2D eigenvalue weighted by Crippen LogP contribution is 2.26. The fourth-order valence-corrected chi connectivity index (χ4v) is 2.73. The van der Waals surface area contributed by atoms with Crippen LogP contribution in [0, 0.1) is 0 Å². The summed E-state index contributed by atoms with van der Waals surface area (Å²) in [5.74, 6) is 0.773. The molecule has 6 nitrogen and oxygen atoms in total. The third-order valence-corrected chi connectivity index (χ3v) is 3.90. The topological polar surface area (TPSA) is 63.7 Å². The molecule has 1 aromatic heterocycles. The molecule has 0 bridgehead atoms. The third-order valence-electron chi connectivity index (χ3n) is 3.90. The van der Waals surface area contributed by atoms with Crippen molar-refractivity contribution in [3.05, 3.63) is 36.5 Å². The van der Waals surface area contributed by atoms with Crippen molar-refractivity contribution in [1.82, 2.24) is 15.2 Å². The Labute approximate surface area is 135 Å². The zero-order valence-corrected chi connectivity index (χ0v) is 13.2. The van der Waals surface area contributed by atoms with Crippen LogP contribution in [0.25, 0.3) is 10.9 Å². The number of nitrogens with zero attached hydrogens (tertiary/aromatic N) is 2. The first-order chi connectivity index (χ1) is 11.3. The molecular formula is C17H21N3O3. The van der Waals surface area contributed by atoms with E-state index in [2.05, 4.69) is 10.3 Å². The lowest BCUT2D eigenvalue weighted by Gasteiger charge is -2.18.